The third-order valence-corrected chi connectivity index (χ3v) is 3.97. The molecule has 2 aromatic rings. The van der Waals surface area contributed by atoms with E-state index in [0.717, 1.165) is 5.56 Å². The summed E-state index contributed by atoms with van der Waals surface area (Å²) >= 11 is 5.86. The van der Waals surface area contributed by atoms with Gasteiger partial charge in [0, 0.05) is 24.3 Å². The Bertz CT molecular complexity index is 735. The molecule has 5 nitrogen and oxygen atoms in total. The van der Waals surface area contributed by atoms with Gasteiger partial charge in [0.2, 0.25) is 0 Å². The number of hydrogen-bond donors (Lipinski definition) is 1. The lowest BCUT2D eigenvalue weighted by Gasteiger charge is -2.17. The number of halogens is 1. The number of benzene rings is 1. The largest absolute Gasteiger partial charge is 0.465 e. The normalized spacial score (nSPS) is 10.5. The highest BCUT2D eigenvalue weighted by atomic mass is 35.5. The van der Waals surface area contributed by atoms with Gasteiger partial charge >= 0.3 is 5.97 Å². The van der Waals surface area contributed by atoms with Crippen molar-refractivity contribution in [1.29, 1.82) is 0 Å². The fraction of sp³-hybridized carbons (Fsp3) is 0.294. The van der Waals surface area contributed by atoms with Gasteiger partial charge in [0.1, 0.15) is 5.69 Å². The Labute approximate surface area is 140 Å². The van der Waals surface area contributed by atoms with Crippen molar-refractivity contribution in [1.82, 2.24) is 9.88 Å². The highest BCUT2D eigenvalue weighted by Crippen LogP contribution is 2.21. The maximum atomic E-state index is 12.6. The number of nitrogens with one attached hydrogen (secondary N) is 1. The van der Waals surface area contributed by atoms with Gasteiger partial charge in [0.25, 0.3) is 5.91 Å². The summed E-state index contributed by atoms with van der Waals surface area (Å²) in [6.07, 6.45) is 0. The van der Waals surface area contributed by atoms with E-state index >= 15 is 0 Å². The van der Waals surface area contributed by atoms with Crippen molar-refractivity contribution in [2.24, 2.45) is 0 Å². The Morgan fingerprint density at radius 3 is 2.39 bits per heavy atom. The summed E-state index contributed by atoms with van der Waals surface area (Å²) in [5.74, 6) is -0.633. The number of methoxy groups -OCH3 is 1. The second-order valence-corrected chi connectivity index (χ2v) is 5.84. The van der Waals surface area contributed by atoms with Crippen LogP contribution < -0.4 is 0 Å². The molecule has 0 atom stereocenters. The van der Waals surface area contributed by atoms with E-state index in [-0.39, 0.29) is 5.91 Å². The molecule has 1 heterocycles. The van der Waals surface area contributed by atoms with E-state index in [9.17, 15) is 9.59 Å². The highest BCUT2D eigenvalue weighted by Gasteiger charge is 2.24. The van der Waals surface area contributed by atoms with Crippen LogP contribution in [0.4, 0.5) is 0 Å². The molecule has 1 aromatic carbocycles. The van der Waals surface area contributed by atoms with Crippen molar-refractivity contribution in [2.45, 2.75) is 20.4 Å². The molecule has 0 unspecified atom stereocenters. The summed E-state index contributed by atoms with van der Waals surface area (Å²) in [5, 5.41) is 0.654. The number of aryl methyl sites for hydroxylation is 1. The molecule has 0 aliphatic carbocycles. The van der Waals surface area contributed by atoms with Crippen LogP contribution in [0.15, 0.2) is 24.3 Å². The number of aromatic amines is 1. The predicted octanol–water partition coefficient (Wildman–Crippen LogP) is 3.34. The summed E-state index contributed by atoms with van der Waals surface area (Å²) in [6.45, 7) is 3.93. The van der Waals surface area contributed by atoms with Crippen molar-refractivity contribution < 1.29 is 14.3 Å². The molecule has 0 aliphatic heterocycles. The van der Waals surface area contributed by atoms with Gasteiger partial charge in [-0.05, 0) is 37.1 Å². The number of hydrogen-bond acceptors (Lipinski definition) is 3. The maximum absolute atomic E-state index is 12.6. The summed E-state index contributed by atoms with van der Waals surface area (Å²) in [5.41, 5.74) is 3.01. The van der Waals surface area contributed by atoms with Gasteiger partial charge in [-0.3, -0.25) is 4.79 Å². The average molecular weight is 335 g/mol. The minimum Gasteiger partial charge on any atom is -0.465 e. The quantitative estimate of drug-likeness (QED) is 0.872. The molecule has 0 aliphatic rings. The molecule has 2 rings (SSSR count). The fourth-order valence-electron chi connectivity index (χ4n) is 2.50. The maximum Gasteiger partial charge on any atom is 0.339 e. The first-order valence-electron chi connectivity index (χ1n) is 7.12. The summed E-state index contributed by atoms with van der Waals surface area (Å²) in [4.78, 5) is 29.0. The van der Waals surface area contributed by atoms with Crippen LogP contribution in [-0.2, 0) is 11.3 Å². The van der Waals surface area contributed by atoms with E-state index in [1.165, 1.54) is 7.11 Å². The smallest absolute Gasteiger partial charge is 0.339 e. The lowest BCUT2D eigenvalue weighted by molar-refractivity contribution is 0.0599. The van der Waals surface area contributed by atoms with E-state index in [2.05, 4.69) is 4.98 Å². The zero-order valence-electron chi connectivity index (χ0n) is 13.6. The summed E-state index contributed by atoms with van der Waals surface area (Å²) < 4.78 is 4.76. The number of esters is 1. The van der Waals surface area contributed by atoms with Gasteiger partial charge in [-0.25, -0.2) is 4.79 Å². The second-order valence-electron chi connectivity index (χ2n) is 5.40. The number of nitrogens with zero attached hydrogens (tertiary/aromatic N) is 1. The summed E-state index contributed by atoms with van der Waals surface area (Å²) in [6, 6.07) is 7.32. The molecule has 0 radical (unpaired) electrons. The summed E-state index contributed by atoms with van der Waals surface area (Å²) in [7, 11) is 3.03. The van der Waals surface area contributed by atoms with E-state index in [0.29, 0.717) is 34.1 Å². The molecule has 23 heavy (non-hydrogen) atoms. The number of rotatable bonds is 4. The van der Waals surface area contributed by atoms with Crippen LogP contribution in [0.25, 0.3) is 0 Å². The topological polar surface area (TPSA) is 62.4 Å². The first kappa shape index (κ1) is 17.1. The lowest BCUT2D eigenvalue weighted by atomic mass is 10.1. The average Bonchev–Trinajstić information content (AvgIpc) is 2.82. The van der Waals surface area contributed by atoms with Gasteiger partial charge in [-0.15, -0.1) is 0 Å². The zero-order valence-corrected chi connectivity index (χ0v) is 14.3. The molecule has 0 fully saturated rings. The molecule has 0 spiro atoms. The Morgan fingerprint density at radius 1 is 1.22 bits per heavy atom. The van der Waals surface area contributed by atoms with Crippen molar-refractivity contribution in [3.63, 3.8) is 0 Å². The van der Waals surface area contributed by atoms with Gasteiger partial charge in [0.15, 0.2) is 0 Å². The lowest BCUT2D eigenvalue weighted by Crippen LogP contribution is -2.27. The van der Waals surface area contributed by atoms with Gasteiger partial charge in [-0.1, -0.05) is 23.7 Å². The first-order valence-corrected chi connectivity index (χ1v) is 7.50. The number of H-pyrrole nitrogens is 1. The van der Waals surface area contributed by atoms with Gasteiger partial charge in [-0.2, -0.15) is 0 Å². The molecular formula is C17H19ClN2O3. The van der Waals surface area contributed by atoms with Crippen molar-refractivity contribution in [3.05, 3.63) is 57.4 Å². The van der Waals surface area contributed by atoms with Crippen molar-refractivity contribution in [2.75, 3.05) is 14.2 Å². The Morgan fingerprint density at radius 2 is 1.83 bits per heavy atom. The zero-order chi connectivity index (χ0) is 17.1. The predicted molar refractivity (Wildman–Crippen MR) is 88.9 cm³/mol. The Kier molecular flexibility index (Phi) is 5.11. The third-order valence-electron chi connectivity index (χ3n) is 3.72. The Balaban J connectivity index is 2.23. The van der Waals surface area contributed by atoms with Crippen LogP contribution in [-0.4, -0.2) is 35.9 Å². The highest BCUT2D eigenvalue weighted by molar-refractivity contribution is 6.30. The van der Waals surface area contributed by atoms with Crippen LogP contribution in [0.3, 0.4) is 0 Å². The van der Waals surface area contributed by atoms with Crippen LogP contribution in [0.1, 0.15) is 37.7 Å². The molecule has 0 bridgehead atoms. The number of carbonyl (C=O) groups excluding carboxylic acids is 2. The number of carbonyl (C=O) groups is 2. The molecule has 1 aromatic heterocycles. The molecule has 6 heteroatoms. The molecule has 0 saturated heterocycles. The molecule has 122 valence electrons. The third kappa shape index (κ3) is 3.56. The number of aromatic nitrogens is 1. The SMILES string of the molecule is COC(=O)c1c(C)[nH]c(C(=O)N(C)Cc2ccc(Cl)cc2)c1C. The minimum absolute atomic E-state index is 0.185. The monoisotopic (exact) mass is 334 g/mol. The Hall–Kier alpha value is -2.27. The van der Waals surface area contributed by atoms with Crippen LogP contribution in [0, 0.1) is 13.8 Å². The fourth-order valence-corrected chi connectivity index (χ4v) is 2.62. The van der Waals surface area contributed by atoms with Crippen LogP contribution >= 0.6 is 11.6 Å². The van der Waals surface area contributed by atoms with Gasteiger partial charge < -0.3 is 14.6 Å². The molecule has 1 amide bonds. The van der Waals surface area contributed by atoms with Gasteiger partial charge in [0.05, 0.1) is 12.7 Å². The van der Waals surface area contributed by atoms with E-state index in [1.807, 2.05) is 12.1 Å². The van der Waals surface area contributed by atoms with Crippen LogP contribution in [0.5, 0.6) is 0 Å². The first-order chi connectivity index (χ1) is 10.8. The second kappa shape index (κ2) is 6.87. The van der Waals surface area contributed by atoms with E-state index in [1.54, 1.807) is 37.9 Å². The van der Waals surface area contributed by atoms with Crippen LogP contribution in [0.2, 0.25) is 5.02 Å². The molecule has 1 N–H and O–H groups in total. The number of amides is 1. The molecule has 0 saturated carbocycles. The molecular weight excluding hydrogens is 316 g/mol. The van der Waals surface area contributed by atoms with E-state index < -0.39 is 5.97 Å². The number of ether oxygens (including phenoxy) is 1. The standard InChI is InChI=1S/C17H19ClN2O3/c1-10-14(17(22)23-4)11(2)19-15(10)16(21)20(3)9-12-5-7-13(18)8-6-12/h5-8,19H,9H2,1-4H3. The van der Waals surface area contributed by atoms with Crippen molar-refractivity contribution >= 4 is 23.5 Å². The minimum atomic E-state index is -0.448. The van der Waals surface area contributed by atoms with Crippen molar-refractivity contribution in [3.8, 4) is 0 Å². The van der Waals surface area contributed by atoms with E-state index in [4.69, 9.17) is 16.3 Å².